The van der Waals surface area contributed by atoms with Crippen molar-refractivity contribution in [3.63, 3.8) is 0 Å². The van der Waals surface area contributed by atoms with Gasteiger partial charge in [-0.05, 0) is 36.9 Å². The maximum atomic E-state index is 6.29. The van der Waals surface area contributed by atoms with Crippen LogP contribution in [0.5, 0.6) is 0 Å². The maximum Gasteiger partial charge on any atom is 0.0648 e. The van der Waals surface area contributed by atoms with E-state index in [0.29, 0.717) is 11.4 Å². The second-order valence-corrected chi connectivity index (χ2v) is 5.87. The Labute approximate surface area is 131 Å². The van der Waals surface area contributed by atoms with Crippen molar-refractivity contribution in [2.45, 2.75) is 0 Å². The second-order valence-electron chi connectivity index (χ2n) is 5.87. The summed E-state index contributed by atoms with van der Waals surface area (Å²) in [5, 5.41) is 0. The maximum absolute atomic E-state index is 6.29. The van der Waals surface area contributed by atoms with Crippen molar-refractivity contribution < 1.29 is 0 Å². The van der Waals surface area contributed by atoms with Gasteiger partial charge < -0.3 is 27.0 Å². The molecule has 0 aromatic heterocycles. The molecule has 5 heteroatoms. The molecule has 5 nitrogen and oxygen atoms in total. The molecule has 2 aromatic rings. The molecule has 0 radical (unpaired) electrons. The van der Waals surface area contributed by atoms with Gasteiger partial charge in [0.2, 0.25) is 0 Å². The van der Waals surface area contributed by atoms with Crippen LogP contribution in [0.25, 0.3) is 11.1 Å². The van der Waals surface area contributed by atoms with Crippen LogP contribution in [0.3, 0.4) is 0 Å². The third-order valence-corrected chi connectivity index (χ3v) is 4.30. The first kappa shape index (κ1) is 14.5. The van der Waals surface area contributed by atoms with Gasteiger partial charge in [-0.3, -0.25) is 0 Å². The van der Waals surface area contributed by atoms with E-state index >= 15 is 0 Å². The minimum atomic E-state index is 0.615. The van der Waals surface area contributed by atoms with Gasteiger partial charge >= 0.3 is 0 Å². The van der Waals surface area contributed by atoms with E-state index in [1.165, 1.54) is 0 Å². The van der Waals surface area contributed by atoms with Crippen molar-refractivity contribution >= 4 is 22.7 Å². The SMILES string of the molecule is CN1CCN(c2ccc(N)c(N)c2-c2ccc(N)cc2)CC1. The van der Waals surface area contributed by atoms with Crippen molar-refractivity contribution in [1.29, 1.82) is 0 Å². The number of likely N-dealkylation sites (N-methyl/N-ethyl adjacent to an activating group) is 1. The highest BCUT2D eigenvalue weighted by Crippen LogP contribution is 2.39. The van der Waals surface area contributed by atoms with Crippen molar-refractivity contribution in [2.75, 3.05) is 55.3 Å². The topological polar surface area (TPSA) is 84.5 Å². The van der Waals surface area contributed by atoms with Gasteiger partial charge in [-0.15, -0.1) is 0 Å². The number of nitrogen functional groups attached to an aromatic ring is 3. The molecule has 22 heavy (non-hydrogen) atoms. The van der Waals surface area contributed by atoms with Gasteiger partial charge in [-0.25, -0.2) is 0 Å². The molecule has 0 aliphatic carbocycles. The lowest BCUT2D eigenvalue weighted by atomic mass is 9.99. The fraction of sp³-hybridized carbons (Fsp3) is 0.294. The fourth-order valence-corrected chi connectivity index (χ4v) is 2.89. The Kier molecular flexibility index (Phi) is 3.81. The summed E-state index contributed by atoms with van der Waals surface area (Å²) < 4.78 is 0. The summed E-state index contributed by atoms with van der Waals surface area (Å²) in [6, 6.07) is 11.8. The average Bonchev–Trinajstić information content (AvgIpc) is 2.52. The van der Waals surface area contributed by atoms with Crippen LogP contribution in [0, 0.1) is 0 Å². The first-order chi connectivity index (χ1) is 10.6. The van der Waals surface area contributed by atoms with Gasteiger partial charge in [-0.1, -0.05) is 12.1 Å². The minimum Gasteiger partial charge on any atom is -0.399 e. The number of benzene rings is 2. The molecule has 1 aliphatic heterocycles. The summed E-state index contributed by atoms with van der Waals surface area (Å²) in [4.78, 5) is 4.71. The van der Waals surface area contributed by atoms with Gasteiger partial charge in [0.15, 0.2) is 0 Å². The number of hydrogen-bond donors (Lipinski definition) is 3. The van der Waals surface area contributed by atoms with Crippen LogP contribution in [0.1, 0.15) is 0 Å². The quantitative estimate of drug-likeness (QED) is 0.737. The molecule has 0 unspecified atom stereocenters. The Bertz CT molecular complexity index is 657. The van der Waals surface area contributed by atoms with E-state index in [1.54, 1.807) is 0 Å². The Hall–Kier alpha value is -2.40. The van der Waals surface area contributed by atoms with Crippen molar-refractivity contribution in [3.8, 4) is 11.1 Å². The first-order valence-corrected chi connectivity index (χ1v) is 7.53. The Morgan fingerprint density at radius 1 is 0.818 bits per heavy atom. The number of rotatable bonds is 2. The average molecular weight is 297 g/mol. The summed E-state index contributed by atoms with van der Waals surface area (Å²) in [7, 11) is 2.15. The van der Waals surface area contributed by atoms with E-state index in [2.05, 4.69) is 22.9 Å². The zero-order valence-electron chi connectivity index (χ0n) is 12.9. The molecule has 1 aliphatic rings. The number of nitrogens with two attached hydrogens (primary N) is 3. The number of anilines is 4. The van der Waals surface area contributed by atoms with Crippen LogP contribution in [-0.2, 0) is 0 Å². The van der Waals surface area contributed by atoms with Crippen LogP contribution in [-0.4, -0.2) is 38.1 Å². The molecule has 1 heterocycles. The van der Waals surface area contributed by atoms with Gasteiger partial charge in [0.05, 0.1) is 11.4 Å². The van der Waals surface area contributed by atoms with Crippen LogP contribution in [0.4, 0.5) is 22.7 Å². The molecule has 0 amide bonds. The lowest BCUT2D eigenvalue weighted by molar-refractivity contribution is 0.313. The van der Waals surface area contributed by atoms with Gasteiger partial charge in [0.1, 0.15) is 0 Å². The first-order valence-electron chi connectivity index (χ1n) is 7.53. The van der Waals surface area contributed by atoms with Gasteiger partial charge in [-0.2, -0.15) is 0 Å². The summed E-state index contributed by atoms with van der Waals surface area (Å²) >= 11 is 0. The van der Waals surface area contributed by atoms with Crippen LogP contribution in [0.15, 0.2) is 36.4 Å². The predicted molar refractivity (Wildman–Crippen MR) is 94.8 cm³/mol. The molecule has 1 fully saturated rings. The van der Waals surface area contributed by atoms with Gasteiger partial charge in [0.25, 0.3) is 0 Å². The molecule has 6 N–H and O–H groups in total. The Morgan fingerprint density at radius 2 is 1.45 bits per heavy atom. The molecule has 0 saturated carbocycles. The molecule has 3 rings (SSSR count). The molecule has 116 valence electrons. The third-order valence-electron chi connectivity index (χ3n) is 4.30. The summed E-state index contributed by atoms with van der Waals surface area (Å²) in [5.41, 5.74) is 23.3. The Balaban J connectivity index is 2.06. The largest absolute Gasteiger partial charge is 0.399 e. The molecule has 0 spiro atoms. The summed E-state index contributed by atoms with van der Waals surface area (Å²) in [6.07, 6.45) is 0. The minimum absolute atomic E-state index is 0.615. The third kappa shape index (κ3) is 2.67. The lowest BCUT2D eigenvalue weighted by Gasteiger charge is -2.35. The van der Waals surface area contributed by atoms with Crippen LogP contribution < -0.4 is 22.1 Å². The lowest BCUT2D eigenvalue weighted by Crippen LogP contribution is -2.44. The van der Waals surface area contributed by atoms with Gasteiger partial charge in [0, 0.05) is 43.1 Å². The summed E-state index contributed by atoms with van der Waals surface area (Å²) in [5.74, 6) is 0. The zero-order chi connectivity index (χ0) is 15.7. The number of nitrogens with zero attached hydrogens (tertiary/aromatic N) is 2. The van der Waals surface area contributed by atoms with E-state index in [1.807, 2.05) is 30.3 Å². The van der Waals surface area contributed by atoms with E-state index < -0.39 is 0 Å². The highest BCUT2D eigenvalue weighted by atomic mass is 15.2. The van der Waals surface area contributed by atoms with E-state index in [9.17, 15) is 0 Å². The number of piperazine rings is 1. The normalized spacial score (nSPS) is 16.0. The van der Waals surface area contributed by atoms with Crippen molar-refractivity contribution in [3.05, 3.63) is 36.4 Å². The second kappa shape index (κ2) is 5.77. The van der Waals surface area contributed by atoms with Crippen LogP contribution >= 0.6 is 0 Å². The number of hydrogen-bond acceptors (Lipinski definition) is 5. The zero-order valence-corrected chi connectivity index (χ0v) is 12.9. The highest BCUT2D eigenvalue weighted by Gasteiger charge is 2.20. The van der Waals surface area contributed by atoms with E-state index in [4.69, 9.17) is 17.2 Å². The summed E-state index contributed by atoms with van der Waals surface area (Å²) in [6.45, 7) is 4.07. The molecular formula is C17H23N5. The van der Waals surface area contributed by atoms with E-state index in [-0.39, 0.29) is 0 Å². The predicted octanol–water partition coefficient (Wildman–Crippen LogP) is 1.85. The van der Waals surface area contributed by atoms with Crippen molar-refractivity contribution in [1.82, 2.24) is 4.90 Å². The highest BCUT2D eigenvalue weighted by molar-refractivity contribution is 5.94. The molecular weight excluding hydrogens is 274 g/mol. The van der Waals surface area contributed by atoms with E-state index in [0.717, 1.165) is 48.7 Å². The standard InChI is InChI=1S/C17H23N5/c1-21-8-10-22(11-9-21)15-7-6-14(19)17(20)16(15)12-2-4-13(18)5-3-12/h2-7H,8-11,18-20H2,1H3. The molecule has 2 aromatic carbocycles. The molecule has 0 bridgehead atoms. The molecule has 0 atom stereocenters. The monoisotopic (exact) mass is 297 g/mol. The Morgan fingerprint density at radius 3 is 2.09 bits per heavy atom. The molecule has 1 saturated heterocycles. The smallest absolute Gasteiger partial charge is 0.0648 e. The van der Waals surface area contributed by atoms with Crippen LogP contribution in [0.2, 0.25) is 0 Å². The fourth-order valence-electron chi connectivity index (χ4n) is 2.89. The van der Waals surface area contributed by atoms with Crippen molar-refractivity contribution in [2.24, 2.45) is 0 Å².